The summed E-state index contributed by atoms with van der Waals surface area (Å²) in [7, 11) is 0. The molecule has 0 amide bonds. The van der Waals surface area contributed by atoms with E-state index in [1.54, 1.807) is 18.2 Å². The first-order valence-corrected chi connectivity index (χ1v) is 8.17. The molecular formula is C17H23N3O3. The van der Waals surface area contributed by atoms with Gasteiger partial charge < -0.3 is 14.8 Å². The van der Waals surface area contributed by atoms with Crippen molar-refractivity contribution in [2.75, 3.05) is 19.7 Å². The van der Waals surface area contributed by atoms with Crippen LogP contribution in [-0.4, -0.2) is 45.6 Å². The molecule has 0 radical (unpaired) electrons. The van der Waals surface area contributed by atoms with Gasteiger partial charge >= 0.3 is 5.97 Å². The van der Waals surface area contributed by atoms with Crippen LogP contribution in [0.5, 0.6) is 5.75 Å². The highest BCUT2D eigenvalue weighted by Gasteiger charge is 2.30. The largest absolute Gasteiger partial charge is 0.508 e. The summed E-state index contributed by atoms with van der Waals surface area (Å²) in [5, 5.41) is 9.56. The summed E-state index contributed by atoms with van der Waals surface area (Å²) in [4.78, 5) is 22.1. The molecule has 1 aromatic carbocycles. The quantitative estimate of drug-likeness (QED) is 0.848. The molecule has 2 aromatic rings. The predicted octanol–water partition coefficient (Wildman–Crippen LogP) is 2.60. The second kappa shape index (κ2) is 6.58. The van der Waals surface area contributed by atoms with E-state index in [0.717, 1.165) is 36.2 Å². The summed E-state index contributed by atoms with van der Waals surface area (Å²) in [5.74, 6) is 0.925. The highest BCUT2D eigenvalue weighted by atomic mass is 16.5. The molecule has 0 saturated carbocycles. The summed E-state index contributed by atoms with van der Waals surface area (Å²) < 4.78 is 5.16. The maximum absolute atomic E-state index is 12.0. The van der Waals surface area contributed by atoms with Gasteiger partial charge in [0.15, 0.2) is 0 Å². The lowest BCUT2D eigenvalue weighted by molar-refractivity contribution is -0.150. The van der Waals surface area contributed by atoms with Gasteiger partial charge in [-0.25, -0.2) is 4.98 Å². The van der Waals surface area contributed by atoms with Crippen molar-refractivity contribution in [1.29, 1.82) is 0 Å². The number of nitrogens with zero attached hydrogens (tertiary/aromatic N) is 2. The zero-order chi connectivity index (χ0) is 16.4. The molecule has 1 aliphatic heterocycles. The maximum Gasteiger partial charge on any atom is 0.310 e. The van der Waals surface area contributed by atoms with E-state index in [2.05, 4.69) is 21.8 Å². The number of H-pyrrole nitrogens is 1. The van der Waals surface area contributed by atoms with Crippen molar-refractivity contribution < 1.29 is 14.6 Å². The number of aromatic amines is 1. The van der Waals surface area contributed by atoms with Gasteiger partial charge in [0, 0.05) is 12.6 Å². The summed E-state index contributed by atoms with van der Waals surface area (Å²) in [6.45, 7) is 6.00. The molecule has 1 saturated heterocycles. The number of phenols is 1. The highest BCUT2D eigenvalue weighted by Crippen LogP contribution is 2.28. The van der Waals surface area contributed by atoms with Crippen LogP contribution >= 0.6 is 0 Å². The smallest absolute Gasteiger partial charge is 0.310 e. The molecule has 1 fully saturated rings. The van der Waals surface area contributed by atoms with Gasteiger partial charge in [0.05, 0.1) is 29.6 Å². The number of esters is 1. The normalized spacial score (nSPS) is 20.5. The molecule has 0 aliphatic carbocycles. The number of fused-ring (bicyclic) bond motifs is 1. The van der Waals surface area contributed by atoms with Crippen LogP contribution in [0.25, 0.3) is 11.0 Å². The van der Waals surface area contributed by atoms with Crippen LogP contribution in [0.3, 0.4) is 0 Å². The number of hydrogen-bond donors (Lipinski definition) is 2. The van der Waals surface area contributed by atoms with E-state index >= 15 is 0 Å². The van der Waals surface area contributed by atoms with Crippen LogP contribution < -0.4 is 0 Å². The monoisotopic (exact) mass is 317 g/mol. The van der Waals surface area contributed by atoms with Crippen molar-refractivity contribution >= 4 is 17.0 Å². The van der Waals surface area contributed by atoms with Gasteiger partial charge in [-0.2, -0.15) is 0 Å². The number of likely N-dealkylation sites (tertiary alicyclic amines) is 1. The molecule has 2 heterocycles. The Kier molecular flexibility index (Phi) is 4.52. The number of imidazole rings is 1. The van der Waals surface area contributed by atoms with Gasteiger partial charge in [-0.15, -0.1) is 0 Å². The minimum absolute atomic E-state index is 0.0560. The predicted molar refractivity (Wildman–Crippen MR) is 87.1 cm³/mol. The molecule has 0 spiro atoms. The Balaban J connectivity index is 1.75. The average Bonchev–Trinajstić information content (AvgIpc) is 2.97. The Morgan fingerprint density at radius 2 is 2.39 bits per heavy atom. The first-order chi connectivity index (χ1) is 11.1. The number of hydrogen-bond acceptors (Lipinski definition) is 5. The van der Waals surface area contributed by atoms with Crippen LogP contribution in [0.4, 0.5) is 0 Å². The number of rotatable bonds is 4. The van der Waals surface area contributed by atoms with Crippen molar-refractivity contribution in [1.82, 2.24) is 14.9 Å². The van der Waals surface area contributed by atoms with Gasteiger partial charge in [-0.3, -0.25) is 9.69 Å². The number of aromatic hydroxyl groups is 1. The first-order valence-electron chi connectivity index (χ1n) is 8.17. The Bertz CT molecular complexity index is 697. The fourth-order valence-electron chi connectivity index (χ4n) is 3.20. The highest BCUT2D eigenvalue weighted by molar-refractivity contribution is 5.76. The van der Waals surface area contributed by atoms with E-state index in [4.69, 9.17) is 4.74 Å². The fourth-order valence-corrected chi connectivity index (χ4v) is 3.20. The van der Waals surface area contributed by atoms with Crippen molar-refractivity contribution in [3.8, 4) is 5.75 Å². The number of piperidine rings is 1. The Morgan fingerprint density at radius 1 is 1.57 bits per heavy atom. The standard InChI is InChI=1S/C17H23N3O3/c1-3-23-17(22)12-5-4-8-20(10-12)11(2)16-18-14-7-6-13(21)9-15(14)19-16/h6-7,9,11-12,21H,3-5,8,10H2,1-2H3,(H,18,19). The number of aromatic nitrogens is 2. The van der Waals surface area contributed by atoms with E-state index in [-0.39, 0.29) is 23.7 Å². The molecule has 3 rings (SSSR count). The van der Waals surface area contributed by atoms with Crippen LogP contribution in [0.15, 0.2) is 18.2 Å². The second-order valence-electron chi connectivity index (χ2n) is 6.09. The lowest BCUT2D eigenvalue weighted by Gasteiger charge is -2.34. The molecule has 6 nitrogen and oxygen atoms in total. The molecule has 2 unspecified atom stereocenters. The number of carbonyl (C=O) groups is 1. The third-order valence-electron chi connectivity index (χ3n) is 4.50. The second-order valence-corrected chi connectivity index (χ2v) is 6.09. The molecule has 6 heteroatoms. The van der Waals surface area contributed by atoms with Gasteiger partial charge in [0.1, 0.15) is 11.6 Å². The summed E-state index contributed by atoms with van der Waals surface area (Å²) in [6.07, 6.45) is 1.87. The maximum atomic E-state index is 12.0. The third kappa shape index (κ3) is 3.32. The fraction of sp³-hybridized carbons (Fsp3) is 0.529. The number of nitrogens with one attached hydrogen (secondary N) is 1. The molecule has 2 atom stereocenters. The summed E-state index contributed by atoms with van der Waals surface area (Å²) in [5.41, 5.74) is 1.66. The minimum atomic E-state index is -0.0982. The summed E-state index contributed by atoms with van der Waals surface area (Å²) in [6, 6.07) is 5.20. The van der Waals surface area contributed by atoms with Crippen molar-refractivity contribution in [2.45, 2.75) is 32.7 Å². The Hall–Kier alpha value is -2.08. The molecule has 23 heavy (non-hydrogen) atoms. The molecule has 124 valence electrons. The van der Waals surface area contributed by atoms with Gasteiger partial charge in [0.25, 0.3) is 0 Å². The van der Waals surface area contributed by atoms with E-state index in [9.17, 15) is 9.90 Å². The first kappa shape index (κ1) is 15.8. The van der Waals surface area contributed by atoms with E-state index in [0.29, 0.717) is 13.2 Å². The number of carbonyl (C=O) groups excluding carboxylic acids is 1. The molecule has 2 N–H and O–H groups in total. The van der Waals surface area contributed by atoms with Crippen LogP contribution in [-0.2, 0) is 9.53 Å². The molecular weight excluding hydrogens is 294 g/mol. The molecule has 1 aliphatic rings. The molecule has 1 aromatic heterocycles. The van der Waals surface area contributed by atoms with E-state index in [1.165, 1.54) is 0 Å². The van der Waals surface area contributed by atoms with E-state index < -0.39 is 0 Å². The SMILES string of the molecule is CCOC(=O)C1CCCN(C(C)c2nc3ccc(O)cc3[nH]2)C1. The average molecular weight is 317 g/mol. The number of benzene rings is 1. The number of phenolic OH excluding ortho intramolecular Hbond substituents is 1. The number of ether oxygens (including phenoxy) is 1. The van der Waals surface area contributed by atoms with Gasteiger partial charge in [-0.05, 0) is 45.4 Å². The lowest BCUT2D eigenvalue weighted by Crippen LogP contribution is -2.40. The van der Waals surface area contributed by atoms with Crippen LogP contribution in [0, 0.1) is 5.92 Å². The summed E-state index contributed by atoms with van der Waals surface area (Å²) >= 11 is 0. The lowest BCUT2D eigenvalue weighted by atomic mass is 9.97. The molecule has 0 bridgehead atoms. The van der Waals surface area contributed by atoms with Crippen molar-refractivity contribution in [2.24, 2.45) is 5.92 Å². The minimum Gasteiger partial charge on any atom is -0.508 e. The van der Waals surface area contributed by atoms with E-state index in [1.807, 2.05) is 6.92 Å². The topological polar surface area (TPSA) is 78.4 Å². The third-order valence-corrected chi connectivity index (χ3v) is 4.50. The van der Waals surface area contributed by atoms with Gasteiger partial charge in [-0.1, -0.05) is 0 Å². The zero-order valence-corrected chi connectivity index (χ0v) is 13.6. The van der Waals surface area contributed by atoms with Crippen LogP contribution in [0.2, 0.25) is 0 Å². The van der Waals surface area contributed by atoms with Gasteiger partial charge in [0.2, 0.25) is 0 Å². The zero-order valence-electron chi connectivity index (χ0n) is 13.6. The van der Waals surface area contributed by atoms with Crippen LogP contribution in [0.1, 0.15) is 38.6 Å². The Morgan fingerprint density at radius 3 is 3.17 bits per heavy atom. The van der Waals surface area contributed by atoms with Crippen molar-refractivity contribution in [3.05, 3.63) is 24.0 Å². The van der Waals surface area contributed by atoms with Crippen molar-refractivity contribution in [3.63, 3.8) is 0 Å². The Labute approximate surface area is 135 Å².